The molecule has 0 N–H and O–H groups in total. The van der Waals surface area contributed by atoms with Crippen LogP contribution in [0.15, 0.2) is 48.5 Å². The maximum Gasteiger partial charge on any atom is 0.325 e. The van der Waals surface area contributed by atoms with Crippen LogP contribution in [0.5, 0.6) is 0 Å². The zero-order valence-corrected chi connectivity index (χ0v) is 18.0. The number of benzene rings is 2. The summed E-state index contributed by atoms with van der Waals surface area (Å²) in [7, 11) is 1.24. The van der Waals surface area contributed by atoms with Crippen molar-refractivity contribution >= 4 is 49.6 Å². The van der Waals surface area contributed by atoms with E-state index >= 15 is 0 Å². The number of alkyl halides is 2. The fourth-order valence-corrected chi connectivity index (χ4v) is 7.38. The summed E-state index contributed by atoms with van der Waals surface area (Å²) >= 11 is 7.81. The monoisotopic (exact) mass is 503 g/mol. The lowest BCUT2D eigenvalue weighted by Crippen LogP contribution is -2.56. The van der Waals surface area contributed by atoms with Crippen molar-refractivity contribution in [3.8, 4) is 0 Å². The number of hydrogen-bond donors (Lipinski definition) is 0. The van der Waals surface area contributed by atoms with Gasteiger partial charge in [-0.15, -0.1) is 0 Å². The number of esters is 1. The zero-order valence-electron chi connectivity index (χ0n) is 14.8. The van der Waals surface area contributed by atoms with Crippen LogP contribution in [0.1, 0.15) is 22.3 Å². The van der Waals surface area contributed by atoms with Crippen LogP contribution in [0.2, 0.25) is 0 Å². The Hall–Kier alpha value is -1.99. The molecule has 3 aliphatic carbocycles. The number of carbonyl (C=O) groups excluding carboxylic acids is 3. The number of likely N-dealkylation sites (tertiary alicyclic amines) is 1. The number of ether oxygens (including phenoxy) is 1. The van der Waals surface area contributed by atoms with Crippen molar-refractivity contribution in [2.45, 2.75) is 8.65 Å². The Morgan fingerprint density at radius 2 is 1.25 bits per heavy atom. The second kappa shape index (κ2) is 5.76. The molecule has 0 aromatic heterocycles. The number of halogens is 2. The van der Waals surface area contributed by atoms with E-state index < -0.39 is 26.5 Å². The van der Waals surface area contributed by atoms with Crippen LogP contribution in [0.4, 0.5) is 0 Å². The van der Waals surface area contributed by atoms with Gasteiger partial charge in [0.25, 0.3) is 0 Å². The van der Waals surface area contributed by atoms with Gasteiger partial charge < -0.3 is 4.74 Å². The van der Waals surface area contributed by atoms with Crippen LogP contribution in [0, 0.1) is 11.8 Å². The molecule has 0 saturated carbocycles. The van der Waals surface area contributed by atoms with Gasteiger partial charge in [0.05, 0.1) is 27.6 Å². The topological polar surface area (TPSA) is 63.7 Å². The Bertz CT molecular complexity index is 944. The summed E-state index contributed by atoms with van der Waals surface area (Å²) in [4.78, 5) is 39.7. The molecule has 2 atom stereocenters. The number of nitrogens with zero attached hydrogens (tertiary/aromatic N) is 1. The molecular weight excluding hydrogens is 490 g/mol. The number of methoxy groups -OCH3 is 1. The van der Waals surface area contributed by atoms with Crippen molar-refractivity contribution < 1.29 is 19.1 Å². The van der Waals surface area contributed by atoms with Crippen LogP contribution < -0.4 is 0 Å². The van der Waals surface area contributed by atoms with E-state index in [1.807, 2.05) is 48.5 Å². The molecule has 0 radical (unpaired) electrons. The quantitative estimate of drug-likeness (QED) is 0.358. The van der Waals surface area contributed by atoms with Crippen LogP contribution in [0.3, 0.4) is 0 Å². The van der Waals surface area contributed by atoms with E-state index in [2.05, 4.69) is 31.9 Å². The molecule has 7 heteroatoms. The van der Waals surface area contributed by atoms with Crippen molar-refractivity contribution in [1.29, 1.82) is 0 Å². The summed E-state index contributed by atoms with van der Waals surface area (Å²) < 4.78 is 3.03. The average molecular weight is 505 g/mol. The lowest BCUT2D eigenvalue weighted by molar-refractivity contribution is -0.151. The molecule has 2 bridgehead atoms. The minimum atomic E-state index is -0.835. The van der Waals surface area contributed by atoms with E-state index in [1.165, 1.54) is 7.11 Å². The summed E-state index contributed by atoms with van der Waals surface area (Å²) in [5, 5.41) is 0. The van der Waals surface area contributed by atoms with Crippen LogP contribution >= 0.6 is 31.9 Å². The number of carbonyl (C=O) groups is 3. The molecule has 4 aliphatic rings. The fourth-order valence-electron chi connectivity index (χ4n) is 5.07. The molecule has 1 aliphatic heterocycles. The normalized spacial score (nSPS) is 32.0. The van der Waals surface area contributed by atoms with Gasteiger partial charge in [-0.1, -0.05) is 80.4 Å². The van der Waals surface area contributed by atoms with Gasteiger partial charge in [0.2, 0.25) is 11.8 Å². The average Bonchev–Trinajstić information content (AvgIpc) is 2.97. The number of imide groups is 1. The maximum absolute atomic E-state index is 13.4. The van der Waals surface area contributed by atoms with Gasteiger partial charge >= 0.3 is 5.97 Å². The number of rotatable bonds is 2. The molecule has 0 spiro atoms. The standard InChI is InChI=1S/C21H15Br2NO4/c1-28-15(25)10-24-18(26)16-17(19(24)27)21(23)12-7-3-2-6-11(12)20(16,22)13-8-4-5-9-14(13)21/h2-9,16-17H,10H2,1H3. The third kappa shape index (κ3) is 1.89. The second-order valence-electron chi connectivity index (χ2n) is 7.31. The zero-order chi connectivity index (χ0) is 19.8. The third-order valence-corrected chi connectivity index (χ3v) is 8.89. The predicted molar refractivity (Wildman–Crippen MR) is 108 cm³/mol. The third-order valence-electron chi connectivity index (χ3n) is 6.19. The van der Waals surface area contributed by atoms with E-state index in [-0.39, 0.29) is 18.4 Å². The summed E-state index contributed by atoms with van der Waals surface area (Å²) in [5.74, 6) is -2.65. The first-order valence-electron chi connectivity index (χ1n) is 8.86. The van der Waals surface area contributed by atoms with Gasteiger partial charge in [0.15, 0.2) is 0 Å². The lowest BCUT2D eigenvalue weighted by Gasteiger charge is -2.55. The highest BCUT2D eigenvalue weighted by Gasteiger charge is 2.72. The Kier molecular flexibility index (Phi) is 3.72. The summed E-state index contributed by atoms with van der Waals surface area (Å²) in [6.45, 7) is -0.375. The number of amides is 2. The molecule has 1 heterocycles. The molecule has 1 saturated heterocycles. The van der Waals surface area contributed by atoms with Gasteiger partial charge in [0, 0.05) is 0 Å². The minimum Gasteiger partial charge on any atom is -0.468 e. The Morgan fingerprint density at radius 3 is 1.57 bits per heavy atom. The Morgan fingerprint density at radius 1 is 0.893 bits per heavy atom. The highest BCUT2D eigenvalue weighted by molar-refractivity contribution is 9.10. The second-order valence-corrected chi connectivity index (χ2v) is 9.81. The van der Waals surface area contributed by atoms with Crippen molar-refractivity contribution in [3.05, 3.63) is 70.8 Å². The first kappa shape index (κ1) is 18.1. The van der Waals surface area contributed by atoms with Gasteiger partial charge in [-0.25, -0.2) is 0 Å². The molecule has 6 rings (SSSR count). The number of hydrogen-bond acceptors (Lipinski definition) is 4. The van der Waals surface area contributed by atoms with Gasteiger partial charge in [-0.05, 0) is 22.3 Å². The Labute approximate surface area is 178 Å². The van der Waals surface area contributed by atoms with E-state index in [1.54, 1.807) is 0 Å². The smallest absolute Gasteiger partial charge is 0.325 e. The van der Waals surface area contributed by atoms with Crippen molar-refractivity contribution in [1.82, 2.24) is 4.90 Å². The van der Waals surface area contributed by atoms with E-state index in [9.17, 15) is 14.4 Å². The van der Waals surface area contributed by atoms with E-state index in [0.717, 1.165) is 27.2 Å². The highest BCUT2D eigenvalue weighted by Crippen LogP contribution is 2.70. The predicted octanol–water partition coefficient (Wildman–Crippen LogP) is 3.06. The molecule has 2 unspecified atom stereocenters. The summed E-state index contributed by atoms with van der Waals surface area (Å²) in [5.41, 5.74) is 3.86. The molecule has 2 aromatic carbocycles. The van der Waals surface area contributed by atoms with Crippen LogP contribution in [0.25, 0.3) is 0 Å². The summed E-state index contributed by atoms with van der Waals surface area (Å²) in [6, 6.07) is 15.7. The molecule has 5 nitrogen and oxygen atoms in total. The Balaban J connectivity index is 1.81. The van der Waals surface area contributed by atoms with Crippen LogP contribution in [-0.4, -0.2) is 36.3 Å². The van der Waals surface area contributed by atoms with Crippen molar-refractivity contribution in [2.24, 2.45) is 11.8 Å². The van der Waals surface area contributed by atoms with Gasteiger partial charge in [0.1, 0.15) is 6.54 Å². The van der Waals surface area contributed by atoms with E-state index in [0.29, 0.717) is 0 Å². The molecule has 28 heavy (non-hydrogen) atoms. The highest BCUT2D eigenvalue weighted by atomic mass is 79.9. The molecule has 2 aromatic rings. The largest absolute Gasteiger partial charge is 0.468 e. The first-order chi connectivity index (χ1) is 13.4. The van der Waals surface area contributed by atoms with E-state index in [4.69, 9.17) is 4.74 Å². The lowest BCUT2D eigenvalue weighted by atomic mass is 9.54. The minimum absolute atomic E-state index is 0.356. The fraction of sp³-hybridized carbons (Fsp3) is 0.286. The van der Waals surface area contributed by atoms with Crippen molar-refractivity contribution in [2.75, 3.05) is 13.7 Å². The molecule has 142 valence electrons. The van der Waals surface area contributed by atoms with Gasteiger partial charge in [-0.2, -0.15) is 0 Å². The molecule has 1 fully saturated rings. The summed E-state index contributed by atoms with van der Waals surface area (Å²) in [6.07, 6.45) is 0. The maximum atomic E-state index is 13.4. The van der Waals surface area contributed by atoms with Crippen LogP contribution in [-0.2, 0) is 27.8 Å². The first-order valence-corrected chi connectivity index (χ1v) is 10.4. The SMILES string of the molecule is COC(=O)CN1C(=O)C2C(C1=O)C1(Br)c3ccccc3C2(Br)c2ccccc21. The van der Waals surface area contributed by atoms with Crippen molar-refractivity contribution in [3.63, 3.8) is 0 Å². The van der Waals surface area contributed by atoms with Gasteiger partial charge in [-0.3, -0.25) is 19.3 Å². The molecule has 2 amide bonds. The molecular formula is C21H15Br2NO4.